The topological polar surface area (TPSA) is 43.3 Å². The molecule has 2 rings (SSSR count). The van der Waals surface area contributed by atoms with Crippen LogP contribution in [0.5, 0.6) is 0 Å². The van der Waals surface area contributed by atoms with Crippen molar-refractivity contribution in [2.24, 2.45) is 0 Å². The molecule has 1 aromatic rings. The van der Waals surface area contributed by atoms with Crippen LogP contribution in [-0.4, -0.2) is 29.9 Å². The van der Waals surface area contributed by atoms with Gasteiger partial charge in [0.05, 0.1) is 12.7 Å². The molecule has 106 valence electrons. The lowest BCUT2D eigenvalue weighted by molar-refractivity contribution is 0.0182. The standard InChI is InChI=1S/C15H24N2O2/c1-2-16-13-6-8-14(9-7-13)19-12-11-17-10-4-3-5-15(17)18/h3-5,10,13-14,16H,2,6-9,11-12H2,1H3. The third-order valence-corrected chi connectivity index (χ3v) is 3.75. The minimum Gasteiger partial charge on any atom is -0.376 e. The molecule has 0 aromatic carbocycles. The first-order chi connectivity index (χ1) is 9.29. The van der Waals surface area contributed by atoms with Gasteiger partial charge in [0.2, 0.25) is 0 Å². The van der Waals surface area contributed by atoms with E-state index in [0.717, 1.165) is 19.4 Å². The van der Waals surface area contributed by atoms with E-state index in [2.05, 4.69) is 12.2 Å². The molecule has 4 nitrogen and oxygen atoms in total. The highest BCUT2D eigenvalue weighted by molar-refractivity contribution is 4.93. The number of hydrogen-bond donors (Lipinski definition) is 1. The summed E-state index contributed by atoms with van der Waals surface area (Å²) < 4.78 is 7.58. The fraction of sp³-hybridized carbons (Fsp3) is 0.667. The highest BCUT2D eigenvalue weighted by Gasteiger charge is 2.20. The Morgan fingerprint density at radius 3 is 2.79 bits per heavy atom. The van der Waals surface area contributed by atoms with Gasteiger partial charge in [-0.05, 0) is 38.3 Å². The number of pyridine rings is 1. The van der Waals surface area contributed by atoms with Crippen LogP contribution >= 0.6 is 0 Å². The number of nitrogens with one attached hydrogen (secondary N) is 1. The maximum absolute atomic E-state index is 11.5. The molecule has 1 aliphatic rings. The second-order valence-corrected chi connectivity index (χ2v) is 5.13. The largest absolute Gasteiger partial charge is 0.376 e. The van der Waals surface area contributed by atoms with E-state index in [1.807, 2.05) is 12.3 Å². The summed E-state index contributed by atoms with van der Waals surface area (Å²) >= 11 is 0. The fourth-order valence-corrected chi connectivity index (χ4v) is 2.69. The molecule has 0 bridgehead atoms. The van der Waals surface area contributed by atoms with E-state index in [1.54, 1.807) is 16.7 Å². The van der Waals surface area contributed by atoms with Crippen molar-refractivity contribution in [1.82, 2.24) is 9.88 Å². The van der Waals surface area contributed by atoms with Gasteiger partial charge in [0.25, 0.3) is 5.56 Å². The first-order valence-corrected chi connectivity index (χ1v) is 7.30. The van der Waals surface area contributed by atoms with Crippen LogP contribution in [-0.2, 0) is 11.3 Å². The summed E-state index contributed by atoms with van der Waals surface area (Å²) in [6.45, 7) is 4.47. The third-order valence-electron chi connectivity index (χ3n) is 3.75. The molecule has 0 radical (unpaired) electrons. The van der Waals surface area contributed by atoms with Gasteiger partial charge in [-0.3, -0.25) is 4.79 Å². The van der Waals surface area contributed by atoms with Crippen LogP contribution in [0.25, 0.3) is 0 Å². The molecule has 0 spiro atoms. The molecule has 19 heavy (non-hydrogen) atoms. The van der Waals surface area contributed by atoms with E-state index in [1.165, 1.54) is 12.8 Å². The van der Waals surface area contributed by atoms with Crippen LogP contribution in [0.4, 0.5) is 0 Å². The highest BCUT2D eigenvalue weighted by atomic mass is 16.5. The molecule has 0 aliphatic heterocycles. The Balaban J connectivity index is 1.67. The SMILES string of the molecule is CCNC1CCC(OCCn2ccccc2=O)CC1. The zero-order chi connectivity index (χ0) is 13.5. The van der Waals surface area contributed by atoms with Gasteiger partial charge in [-0.2, -0.15) is 0 Å². The van der Waals surface area contributed by atoms with Crippen molar-refractivity contribution < 1.29 is 4.74 Å². The Morgan fingerprint density at radius 1 is 1.32 bits per heavy atom. The van der Waals surface area contributed by atoms with E-state index in [4.69, 9.17) is 4.74 Å². The molecule has 1 aliphatic carbocycles. The Kier molecular flexibility index (Phi) is 5.61. The van der Waals surface area contributed by atoms with Gasteiger partial charge in [0.15, 0.2) is 0 Å². The normalized spacial score (nSPS) is 23.4. The molecule has 1 heterocycles. The van der Waals surface area contributed by atoms with Crippen molar-refractivity contribution in [1.29, 1.82) is 0 Å². The smallest absolute Gasteiger partial charge is 0.250 e. The molecule has 1 aromatic heterocycles. The molecular formula is C15H24N2O2. The van der Waals surface area contributed by atoms with Crippen LogP contribution in [0.2, 0.25) is 0 Å². The molecule has 1 saturated carbocycles. The Bertz CT molecular complexity index is 422. The van der Waals surface area contributed by atoms with Crippen LogP contribution in [0.3, 0.4) is 0 Å². The van der Waals surface area contributed by atoms with Crippen LogP contribution in [0.1, 0.15) is 32.6 Å². The maximum Gasteiger partial charge on any atom is 0.250 e. The van der Waals surface area contributed by atoms with Crippen molar-refractivity contribution >= 4 is 0 Å². The van der Waals surface area contributed by atoms with Crippen LogP contribution in [0, 0.1) is 0 Å². The summed E-state index contributed by atoms with van der Waals surface area (Å²) in [7, 11) is 0. The maximum atomic E-state index is 11.5. The zero-order valence-electron chi connectivity index (χ0n) is 11.7. The zero-order valence-corrected chi connectivity index (χ0v) is 11.7. The number of ether oxygens (including phenoxy) is 1. The molecule has 0 amide bonds. The first kappa shape index (κ1) is 14.3. The number of nitrogens with zero attached hydrogens (tertiary/aromatic N) is 1. The predicted molar refractivity (Wildman–Crippen MR) is 76.4 cm³/mol. The van der Waals surface area contributed by atoms with Crippen molar-refractivity contribution in [3.05, 3.63) is 34.7 Å². The molecular weight excluding hydrogens is 240 g/mol. The van der Waals surface area contributed by atoms with Gasteiger partial charge >= 0.3 is 0 Å². The first-order valence-electron chi connectivity index (χ1n) is 7.30. The van der Waals surface area contributed by atoms with Crippen molar-refractivity contribution in [3.8, 4) is 0 Å². The average Bonchev–Trinajstić information content (AvgIpc) is 2.43. The fourth-order valence-electron chi connectivity index (χ4n) is 2.69. The van der Waals surface area contributed by atoms with E-state index in [0.29, 0.717) is 25.3 Å². The highest BCUT2D eigenvalue weighted by Crippen LogP contribution is 2.21. The van der Waals surface area contributed by atoms with E-state index in [-0.39, 0.29) is 5.56 Å². The van der Waals surface area contributed by atoms with Gasteiger partial charge in [0, 0.05) is 24.8 Å². The molecule has 0 unspecified atom stereocenters. The summed E-state index contributed by atoms with van der Waals surface area (Å²) in [5, 5.41) is 3.49. The summed E-state index contributed by atoms with van der Waals surface area (Å²) in [5.41, 5.74) is 0.0435. The number of rotatable bonds is 6. The summed E-state index contributed by atoms with van der Waals surface area (Å²) in [6, 6.07) is 5.90. The van der Waals surface area contributed by atoms with Crippen molar-refractivity contribution in [2.45, 2.75) is 51.3 Å². The molecule has 0 atom stereocenters. The second-order valence-electron chi connectivity index (χ2n) is 5.13. The molecule has 1 N–H and O–H groups in total. The minimum absolute atomic E-state index is 0.0435. The molecule has 4 heteroatoms. The summed E-state index contributed by atoms with van der Waals surface area (Å²) in [5.74, 6) is 0. The van der Waals surface area contributed by atoms with Crippen LogP contribution in [0.15, 0.2) is 29.2 Å². The van der Waals surface area contributed by atoms with Gasteiger partial charge < -0.3 is 14.6 Å². The van der Waals surface area contributed by atoms with E-state index in [9.17, 15) is 4.79 Å². The minimum atomic E-state index is 0.0435. The average molecular weight is 264 g/mol. The Labute approximate surface area is 114 Å². The van der Waals surface area contributed by atoms with Crippen molar-refractivity contribution in [2.75, 3.05) is 13.2 Å². The predicted octanol–water partition coefficient (Wildman–Crippen LogP) is 1.79. The summed E-state index contributed by atoms with van der Waals surface area (Å²) in [4.78, 5) is 11.5. The lowest BCUT2D eigenvalue weighted by atomic mass is 9.93. The Hall–Kier alpha value is -1.13. The lowest BCUT2D eigenvalue weighted by Gasteiger charge is -2.29. The molecule has 0 saturated heterocycles. The summed E-state index contributed by atoms with van der Waals surface area (Å²) in [6.07, 6.45) is 6.83. The van der Waals surface area contributed by atoms with Crippen molar-refractivity contribution in [3.63, 3.8) is 0 Å². The monoisotopic (exact) mass is 264 g/mol. The lowest BCUT2D eigenvalue weighted by Crippen LogP contribution is -2.35. The van der Waals surface area contributed by atoms with Gasteiger partial charge in [-0.25, -0.2) is 0 Å². The number of aromatic nitrogens is 1. The molecule has 1 fully saturated rings. The second kappa shape index (κ2) is 7.46. The van der Waals surface area contributed by atoms with Gasteiger partial charge in [-0.1, -0.05) is 13.0 Å². The van der Waals surface area contributed by atoms with Gasteiger partial charge in [-0.15, -0.1) is 0 Å². The Morgan fingerprint density at radius 2 is 2.11 bits per heavy atom. The van der Waals surface area contributed by atoms with Gasteiger partial charge in [0.1, 0.15) is 0 Å². The van der Waals surface area contributed by atoms with E-state index < -0.39 is 0 Å². The quantitative estimate of drug-likeness (QED) is 0.852. The third kappa shape index (κ3) is 4.48. The number of hydrogen-bond acceptors (Lipinski definition) is 3. The van der Waals surface area contributed by atoms with Crippen LogP contribution < -0.4 is 10.9 Å². The van der Waals surface area contributed by atoms with E-state index >= 15 is 0 Å².